The van der Waals surface area contributed by atoms with E-state index in [1.165, 1.54) is 32.5 Å². The zero-order chi connectivity index (χ0) is 10.6. The van der Waals surface area contributed by atoms with Crippen molar-refractivity contribution in [2.75, 3.05) is 26.2 Å². The molecule has 1 fully saturated rings. The topological polar surface area (TPSA) is 15.3 Å². The molecule has 0 spiro atoms. The monoisotopic (exact) mass is 198 g/mol. The SMILES string of the molecule is CCC1CNCCN1CC(C)(C)CC. The molecule has 1 atom stereocenters. The van der Waals surface area contributed by atoms with Crippen LogP contribution in [-0.2, 0) is 0 Å². The van der Waals surface area contributed by atoms with E-state index in [0.29, 0.717) is 5.41 Å². The molecule has 1 aliphatic heterocycles. The number of hydrogen-bond acceptors (Lipinski definition) is 2. The smallest absolute Gasteiger partial charge is 0.0218 e. The average molecular weight is 198 g/mol. The molecule has 2 heteroatoms. The maximum absolute atomic E-state index is 3.48. The Hall–Kier alpha value is -0.0800. The Balaban J connectivity index is 2.48. The minimum absolute atomic E-state index is 0.477. The van der Waals surface area contributed by atoms with Crippen LogP contribution in [0.15, 0.2) is 0 Å². The van der Waals surface area contributed by atoms with Crippen molar-refractivity contribution in [2.24, 2.45) is 5.41 Å². The first-order chi connectivity index (χ1) is 6.59. The number of nitrogens with one attached hydrogen (secondary N) is 1. The van der Waals surface area contributed by atoms with E-state index in [2.05, 4.69) is 37.9 Å². The lowest BCUT2D eigenvalue weighted by Gasteiger charge is -2.40. The van der Waals surface area contributed by atoms with E-state index in [-0.39, 0.29) is 0 Å². The predicted octanol–water partition coefficient (Wildman–Crippen LogP) is 2.11. The third-order valence-corrected chi connectivity index (χ3v) is 3.53. The lowest BCUT2D eigenvalue weighted by atomic mass is 9.88. The molecular weight excluding hydrogens is 172 g/mol. The van der Waals surface area contributed by atoms with Crippen LogP contribution in [-0.4, -0.2) is 37.1 Å². The summed E-state index contributed by atoms with van der Waals surface area (Å²) < 4.78 is 0. The first-order valence-corrected chi connectivity index (χ1v) is 6.04. The second kappa shape index (κ2) is 5.13. The van der Waals surface area contributed by atoms with Gasteiger partial charge in [-0.2, -0.15) is 0 Å². The van der Waals surface area contributed by atoms with E-state index in [9.17, 15) is 0 Å². The van der Waals surface area contributed by atoms with Gasteiger partial charge in [0.1, 0.15) is 0 Å². The highest BCUT2D eigenvalue weighted by molar-refractivity contribution is 4.82. The molecule has 14 heavy (non-hydrogen) atoms. The predicted molar refractivity (Wildman–Crippen MR) is 62.6 cm³/mol. The summed E-state index contributed by atoms with van der Waals surface area (Å²) in [5, 5.41) is 3.48. The Kier molecular flexibility index (Phi) is 4.39. The molecule has 0 amide bonds. The molecular formula is C12H26N2. The molecule has 1 aliphatic rings. The largest absolute Gasteiger partial charge is 0.314 e. The first kappa shape index (κ1) is 12.0. The average Bonchev–Trinajstić information content (AvgIpc) is 2.18. The van der Waals surface area contributed by atoms with Gasteiger partial charge in [-0.25, -0.2) is 0 Å². The fourth-order valence-corrected chi connectivity index (χ4v) is 2.08. The van der Waals surface area contributed by atoms with Gasteiger partial charge in [0.15, 0.2) is 0 Å². The van der Waals surface area contributed by atoms with Crippen molar-refractivity contribution >= 4 is 0 Å². The van der Waals surface area contributed by atoms with Crippen molar-refractivity contribution in [3.63, 3.8) is 0 Å². The van der Waals surface area contributed by atoms with E-state index in [0.717, 1.165) is 12.6 Å². The number of nitrogens with zero attached hydrogens (tertiary/aromatic N) is 1. The molecule has 0 aliphatic carbocycles. The highest BCUT2D eigenvalue weighted by Crippen LogP contribution is 2.23. The van der Waals surface area contributed by atoms with Gasteiger partial charge in [-0.15, -0.1) is 0 Å². The summed E-state index contributed by atoms with van der Waals surface area (Å²) in [5.74, 6) is 0. The quantitative estimate of drug-likeness (QED) is 0.744. The molecule has 2 nitrogen and oxygen atoms in total. The molecule has 0 radical (unpaired) electrons. The van der Waals surface area contributed by atoms with Gasteiger partial charge in [-0.05, 0) is 18.3 Å². The fraction of sp³-hybridized carbons (Fsp3) is 1.00. The Bertz CT molecular complexity index is 166. The van der Waals surface area contributed by atoms with E-state index in [1.807, 2.05) is 0 Å². The van der Waals surface area contributed by atoms with Crippen molar-refractivity contribution in [1.82, 2.24) is 10.2 Å². The first-order valence-electron chi connectivity index (χ1n) is 6.04. The number of rotatable bonds is 4. The van der Waals surface area contributed by atoms with Crippen LogP contribution in [0.2, 0.25) is 0 Å². The molecule has 1 heterocycles. The Labute approximate surface area is 89.1 Å². The summed E-state index contributed by atoms with van der Waals surface area (Å²) in [6.45, 7) is 14.2. The molecule has 0 aromatic rings. The molecule has 1 rings (SSSR count). The zero-order valence-electron chi connectivity index (χ0n) is 10.3. The molecule has 0 bridgehead atoms. The van der Waals surface area contributed by atoms with E-state index in [4.69, 9.17) is 0 Å². The van der Waals surface area contributed by atoms with Gasteiger partial charge in [0.2, 0.25) is 0 Å². The van der Waals surface area contributed by atoms with Crippen molar-refractivity contribution in [1.29, 1.82) is 0 Å². The van der Waals surface area contributed by atoms with Crippen molar-refractivity contribution in [3.05, 3.63) is 0 Å². The molecule has 1 N–H and O–H groups in total. The number of piperazine rings is 1. The summed E-state index contributed by atoms with van der Waals surface area (Å²) in [4.78, 5) is 2.67. The summed E-state index contributed by atoms with van der Waals surface area (Å²) >= 11 is 0. The summed E-state index contributed by atoms with van der Waals surface area (Å²) in [6.07, 6.45) is 2.54. The van der Waals surface area contributed by atoms with Gasteiger partial charge in [0.05, 0.1) is 0 Å². The third-order valence-electron chi connectivity index (χ3n) is 3.53. The molecule has 0 aromatic carbocycles. The Morgan fingerprint density at radius 2 is 2.07 bits per heavy atom. The lowest BCUT2D eigenvalue weighted by Crippen LogP contribution is -2.53. The van der Waals surface area contributed by atoms with Crippen LogP contribution in [0.1, 0.15) is 40.5 Å². The maximum Gasteiger partial charge on any atom is 0.0218 e. The Morgan fingerprint density at radius 3 is 2.64 bits per heavy atom. The van der Waals surface area contributed by atoms with Crippen molar-refractivity contribution in [3.8, 4) is 0 Å². The summed E-state index contributed by atoms with van der Waals surface area (Å²) in [5.41, 5.74) is 0.477. The number of hydrogen-bond donors (Lipinski definition) is 1. The van der Waals surface area contributed by atoms with E-state index >= 15 is 0 Å². The van der Waals surface area contributed by atoms with E-state index < -0.39 is 0 Å². The van der Waals surface area contributed by atoms with Crippen LogP contribution in [0.3, 0.4) is 0 Å². The maximum atomic E-state index is 3.48. The van der Waals surface area contributed by atoms with Gasteiger partial charge in [-0.1, -0.05) is 27.7 Å². The second-order valence-corrected chi connectivity index (χ2v) is 5.25. The molecule has 84 valence electrons. The van der Waals surface area contributed by atoms with Crippen LogP contribution < -0.4 is 5.32 Å². The normalized spacial score (nSPS) is 25.3. The molecule has 1 saturated heterocycles. The fourth-order valence-electron chi connectivity index (χ4n) is 2.08. The van der Waals surface area contributed by atoms with Crippen LogP contribution >= 0.6 is 0 Å². The highest BCUT2D eigenvalue weighted by Gasteiger charge is 2.26. The Morgan fingerprint density at radius 1 is 1.36 bits per heavy atom. The molecule has 1 unspecified atom stereocenters. The van der Waals surface area contributed by atoms with Gasteiger partial charge in [-0.3, -0.25) is 4.90 Å². The third kappa shape index (κ3) is 3.25. The summed E-state index contributed by atoms with van der Waals surface area (Å²) in [7, 11) is 0. The van der Waals surface area contributed by atoms with Gasteiger partial charge >= 0.3 is 0 Å². The van der Waals surface area contributed by atoms with Gasteiger partial charge in [0, 0.05) is 32.2 Å². The minimum atomic E-state index is 0.477. The lowest BCUT2D eigenvalue weighted by molar-refractivity contribution is 0.101. The zero-order valence-corrected chi connectivity index (χ0v) is 10.3. The minimum Gasteiger partial charge on any atom is -0.314 e. The molecule has 0 aromatic heterocycles. The van der Waals surface area contributed by atoms with Gasteiger partial charge < -0.3 is 5.32 Å². The second-order valence-electron chi connectivity index (χ2n) is 5.25. The van der Waals surface area contributed by atoms with E-state index in [1.54, 1.807) is 0 Å². The van der Waals surface area contributed by atoms with Crippen molar-refractivity contribution in [2.45, 2.75) is 46.6 Å². The van der Waals surface area contributed by atoms with Crippen LogP contribution in [0.4, 0.5) is 0 Å². The standard InChI is InChI=1S/C12H26N2/c1-5-11-9-13-7-8-14(11)10-12(3,4)6-2/h11,13H,5-10H2,1-4H3. The molecule has 0 saturated carbocycles. The van der Waals surface area contributed by atoms with Crippen LogP contribution in [0.5, 0.6) is 0 Å². The summed E-state index contributed by atoms with van der Waals surface area (Å²) in [6, 6.07) is 0.759. The van der Waals surface area contributed by atoms with Crippen LogP contribution in [0, 0.1) is 5.41 Å². The van der Waals surface area contributed by atoms with Gasteiger partial charge in [0.25, 0.3) is 0 Å². The highest BCUT2D eigenvalue weighted by atomic mass is 15.2. The van der Waals surface area contributed by atoms with Crippen molar-refractivity contribution < 1.29 is 0 Å². The van der Waals surface area contributed by atoms with Crippen LogP contribution in [0.25, 0.3) is 0 Å².